The second kappa shape index (κ2) is 5.16. The first-order valence-electron chi connectivity index (χ1n) is 4.86. The van der Waals surface area contributed by atoms with Crippen LogP contribution in [0.2, 0.25) is 0 Å². The predicted molar refractivity (Wildman–Crippen MR) is 56.4 cm³/mol. The maximum Gasteiger partial charge on any atom is 0.169 e. The smallest absolute Gasteiger partial charge is 0.169 e. The fourth-order valence-corrected chi connectivity index (χ4v) is 1.36. The predicted octanol–water partition coefficient (Wildman–Crippen LogP) is 2.51. The molecule has 0 bridgehead atoms. The van der Waals surface area contributed by atoms with E-state index in [1.54, 1.807) is 25.1 Å². The number of para-hydroxylation sites is 1. The summed E-state index contributed by atoms with van der Waals surface area (Å²) in [5.41, 5.74) is 0.336. The molecule has 0 aliphatic rings. The van der Waals surface area contributed by atoms with E-state index in [0.717, 1.165) is 0 Å². The fraction of sp³-hybridized carbons (Fsp3) is 0.333. The summed E-state index contributed by atoms with van der Waals surface area (Å²) in [7, 11) is 0. The Morgan fingerprint density at radius 1 is 1.53 bits per heavy atom. The monoisotopic (exact) mass is 203 g/mol. The molecule has 0 spiro atoms. The lowest BCUT2D eigenvalue weighted by Gasteiger charge is -2.09. The summed E-state index contributed by atoms with van der Waals surface area (Å²) in [6.45, 7) is 1.77. The molecule has 1 unspecified atom stereocenters. The highest BCUT2D eigenvalue weighted by atomic mass is 16.3. The van der Waals surface area contributed by atoms with Gasteiger partial charge in [-0.1, -0.05) is 19.1 Å². The fourth-order valence-electron chi connectivity index (χ4n) is 1.36. The molecular weight excluding hydrogens is 190 g/mol. The summed E-state index contributed by atoms with van der Waals surface area (Å²) in [5.74, 6) is -0.326. The number of rotatable bonds is 4. The highest BCUT2D eigenvalue weighted by Gasteiger charge is 2.17. The van der Waals surface area contributed by atoms with Crippen LogP contribution in [-0.2, 0) is 0 Å². The number of benzene rings is 1. The molecule has 1 N–H and O–H groups in total. The molecule has 0 aliphatic carbocycles. The van der Waals surface area contributed by atoms with Gasteiger partial charge in [-0.3, -0.25) is 4.79 Å². The average molecular weight is 203 g/mol. The van der Waals surface area contributed by atoms with Gasteiger partial charge in [-0.05, 0) is 18.6 Å². The topological polar surface area (TPSA) is 61.1 Å². The quantitative estimate of drug-likeness (QED) is 0.765. The number of nitriles is 1. The minimum atomic E-state index is -0.224. The van der Waals surface area contributed by atoms with E-state index in [9.17, 15) is 9.90 Å². The number of phenolic OH excluding ortho intramolecular Hbond substituents is 1. The first-order chi connectivity index (χ1) is 7.16. The van der Waals surface area contributed by atoms with Crippen LogP contribution in [0.15, 0.2) is 24.3 Å². The minimum absolute atomic E-state index is 0.00584. The second-order valence-corrected chi connectivity index (χ2v) is 3.48. The van der Waals surface area contributed by atoms with Crippen molar-refractivity contribution in [3.63, 3.8) is 0 Å². The van der Waals surface area contributed by atoms with E-state index in [-0.39, 0.29) is 17.5 Å². The average Bonchev–Trinajstić information content (AvgIpc) is 2.25. The molecule has 0 saturated heterocycles. The Balaban J connectivity index is 2.77. The van der Waals surface area contributed by atoms with E-state index in [0.29, 0.717) is 18.4 Å². The molecule has 0 amide bonds. The number of aromatic hydroxyl groups is 1. The Bertz CT molecular complexity index is 393. The third-order valence-corrected chi connectivity index (χ3v) is 2.31. The summed E-state index contributed by atoms with van der Waals surface area (Å²) in [4.78, 5) is 11.8. The van der Waals surface area contributed by atoms with Crippen molar-refractivity contribution in [2.24, 2.45) is 5.92 Å². The van der Waals surface area contributed by atoms with Crippen molar-refractivity contribution >= 4 is 5.78 Å². The largest absolute Gasteiger partial charge is 0.507 e. The minimum Gasteiger partial charge on any atom is -0.507 e. The Kier molecular flexibility index (Phi) is 3.87. The molecule has 0 radical (unpaired) electrons. The standard InChI is InChI=1S/C12H13NO2/c1-9(5-4-8-13)12(15)10-6-2-3-7-11(10)14/h2-3,6-7,9,14H,4-5H2,1H3. The molecule has 1 rings (SSSR count). The molecule has 1 atom stereocenters. The van der Waals surface area contributed by atoms with Crippen LogP contribution >= 0.6 is 0 Å². The van der Waals surface area contributed by atoms with Crippen LogP contribution in [0.1, 0.15) is 30.1 Å². The van der Waals surface area contributed by atoms with E-state index in [1.165, 1.54) is 6.07 Å². The van der Waals surface area contributed by atoms with Crippen LogP contribution in [0.3, 0.4) is 0 Å². The van der Waals surface area contributed by atoms with Gasteiger partial charge in [-0.15, -0.1) is 0 Å². The van der Waals surface area contributed by atoms with Crippen LogP contribution in [0.4, 0.5) is 0 Å². The summed E-state index contributed by atoms with van der Waals surface area (Å²) in [6.07, 6.45) is 0.893. The second-order valence-electron chi connectivity index (χ2n) is 3.48. The highest BCUT2D eigenvalue weighted by molar-refractivity contribution is 5.99. The summed E-state index contributed by atoms with van der Waals surface area (Å²) in [6, 6.07) is 8.48. The van der Waals surface area contributed by atoms with Crippen molar-refractivity contribution in [3.05, 3.63) is 29.8 Å². The summed E-state index contributed by atoms with van der Waals surface area (Å²) in [5, 5.41) is 17.9. The molecule has 1 aromatic carbocycles. The van der Waals surface area contributed by atoms with Crippen LogP contribution in [0.25, 0.3) is 0 Å². The zero-order valence-electron chi connectivity index (χ0n) is 8.60. The normalized spacial score (nSPS) is 11.7. The molecule has 0 aromatic heterocycles. The molecule has 0 heterocycles. The first kappa shape index (κ1) is 11.3. The summed E-state index contributed by atoms with van der Waals surface area (Å²) < 4.78 is 0. The number of hydrogen-bond acceptors (Lipinski definition) is 3. The summed E-state index contributed by atoms with van der Waals surface area (Å²) >= 11 is 0. The molecule has 0 saturated carbocycles. The Hall–Kier alpha value is -1.82. The highest BCUT2D eigenvalue weighted by Crippen LogP contribution is 2.21. The maximum absolute atomic E-state index is 11.8. The van der Waals surface area contributed by atoms with Crippen molar-refractivity contribution in [1.29, 1.82) is 5.26 Å². The molecule has 15 heavy (non-hydrogen) atoms. The number of phenols is 1. The Morgan fingerprint density at radius 2 is 2.20 bits per heavy atom. The van der Waals surface area contributed by atoms with E-state index < -0.39 is 0 Å². The number of Topliss-reactive ketones (excluding diaryl/α,β-unsaturated/α-hetero) is 1. The van der Waals surface area contributed by atoms with Gasteiger partial charge in [0.15, 0.2) is 5.78 Å². The lowest BCUT2D eigenvalue weighted by Crippen LogP contribution is -2.11. The van der Waals surface area contributed by atoms with Gasteiger partial charge >= 0.3 is 0 Å². The van der Waals surface area contributed by atoms with Crippen molar-refractivity contribution in [1.82, 2.24) is 0 Å². The molecule has 1 aromatic rings. The molecular formula is C12H13NO2. The van der Waals surface area contributed by atoms with Gasteiger partial charge < -0.3 is 5.11 Å². The van der Waals surface area contributed by atoms with Crippen LogP contribution in [0, 0.1) is 17.2 Å². The molecule has 0 aliphatic heterocycles. The maximum atomic E-state index is 11.8. The van der Waals surface area contributed by atoms with Gasteiger partial charge in [0.2, 0.25) is 0 Å². The van der Waals surface area contributed by atoms with Gasteiger partial charge in [0.1, 0.15) is 5.75 Å². The zero-order chi connectivity index (χ0) is 11.3. The van der Waals surface area contributed by atoms with Crippen molar-refractivity contribution < 1.29 is 9.90 Å². The van der Waals surface area contributed by atoms with E-state index >= 15 is 0 Å². The molecule has 3 heteroatoms. The van der Waals surface area contributed by atoms with E-state index in [2.05, 4.69) is 0 Å². The van der Waals surface area contributed by atoms with Crippen molar-refractivity contribution in [3.8, 4) is 11.8 Å². The zero-order valence-corrected chi connectivity index (χ0v) is 8.60. The lowest BCUT2D eigenvalue weighted by molar-refractivity contribution is 0.0922. The van der Waals surface area contributed by atoms with E-state index in [4.69, 9.17) is 5.26 Å². The van der Waals surface area contributed by atoms with Gasteiger partial charge in [0, 0.05) is 12.3 Å². The third kappa shape index (κ3) is 2.81. The number of ketones is 1. The van der Waals surface area contributed by atoms with Gasteiger partial charge in [-0.25, -0.2) is 0 Å². The molecule has 3 nitrogen and oxygen atoms in total. The van der Waals surface area contributed by atoms with Crippen molar-refractivity contribution in [2.45, 2.75) is 19.8 Å². The van der Waals surface area contributed by atoms with Crippen molar-refractivity contribution in [2.75, 3.05) is 0 Å². The van der Waals surface area contributed by atoms with Gasteiger partial charge in [0.05, 0.1) is 11.6 Å². The molecule has 78 valence electrons. The molecule has 0 fully saturated rings. The Morgan fingerprint density at radius 3 is 2.80 bits per heavy atom. The Labute approximate surface area is 89.0 Å². The van der Waals surface area contributed by atoms with Crippen LogP contribution in [-0.4, -0.2) is 10.9 Å². The lowest BCUT2D eigenvalue weighted by atomic mass is 9.95. The third-order valence-electron chi connectivity index (χ3n) is 2.31. The van der Waals surface area contributed by atoms with Crippen LogP contribution < -0.4 is 0 Å². The van der Waals surface area contributed by atoms with E-state index in [1.807, 2.05) is 6.07 Å². The number of nitrogens with zero attached hydrogens (tertiary/aromatic N) is 1. The van der Waals surface area contributed by atoms with Crippen LogP contribution in [0.5, 0.6) is 5.75 Å². The van der Waals surface area contributed by atoms with Gasteiger partial charge in [-0.2, -0.15) is 5.26 Å². The number of carbonyl (C=O) groups excluding carboxylic acids is 1. The van der Waals surface area contributed by atoms with Gasteiger partial charge in [0.25, 0.3) is 0 Å². The number of carbonyl (C=O) groups is 1. The first-order valence-corrected chi connectivity index (χ1v) is 4.86. The SMILES string of the molecule is CC(CCC#N)C(=O)c1ccccc1O. The number of hydrogen-bond donors (Lipinski definition) is 1.